The molecule has 1 aliphatic heterocycles. The van der Waals surface area contributed by atoms with Crippen molar-refractivity contribution in [3.05, 3.63) is 15.9 Å². The molecule has 0 spiro atoms. The number of hydrogen-bond donors (Lipinski definition) is 2. The average molecular weight is 278 g/mol. The average Bonchev–Trinajstić information content (AvgIpc) is 2.71. The first-order chi connectivity index (χ1) is 9.20. The molecule has 0 unspecified atom stereocenters. The number of carbonyl (C=O) groups excluding carboxylic acids is 2. The molecule has 0 aromatic carbocycles. The van der Waals surface area contributed by atoms with E-state index < -0.39 is 5.41 Å². The lowest BCUT2D eigenvalue weighted by Crippen LogP contribution is -2.31. The van der Waals surface area contributed by atoms with Gasteiger partial charge in [0, 0.05) is 18.9 Å². The summed E-state index contributed by atoms with van der Waals surface area (Å²) in [5, 5.41) is 2.57. The summed E-state index contributed by atoms with van der Waals surface area (Å²) in [4.78, 5) is 43.5. The van der Waals surface area contributed by atoms with Gasteiger partial charge in [-0.1, -0.05) is 20.8 Å². The van der Waals surface area contributed by atoms with Crippen molar-refractivity contribution in [3.63, 3.8) is 0 Å². The highest BCUT2D eigenvalue weighted by Gasteiger charge is 2.28. The largest absolute Gasteiger partial charge is 0.296 e. The number of H-pyrrole nitrogens is 1. The Morgan fingerprint density at radius 2 is 2.00 bits per heavy atom. The Morgan fingerprint density at radius 1 is 1.35 bits per heavy atom. The van der Waals surface area contributed by atoms with Gasteiger partial charge in [-0.3, -0.25) is 29.6 Å². The summed E-state index contributed by atoms with van der Waals surface area (Å²) in [5.74, 6) is -0.0183. The molecule has 0 aliphatic carbocycles. The van der Waals surface area contributed by atoms with Gasteiger partial charge >= 0.3 is 0 Å². The highest BCUT2D eigenvalue weighted by atomic mass is 16.2. The quantitative estimate of drug-likeness (QED) is 0.789. The van der Waals surface area contributed by atoms with Gasteiger partial charge in [0.15, 0.2) is 0 Å². The fraction of sp³-hybridized carbons (Fsp3) is 0.538. The van der Waals surface area contributed by atoms with E-state index in [2.05, 4.69) is 15.3 Å². The number of fused-ring (bicyclic) bond motifs is 1. The Hall–Kier alpha value is -2.18. The topological polar surface area (TPSA) is 95.2 Å². The first-order valence-electron chi connectivity index (χ1n) is 6.43. The van der Waals surface area contributed by atoms with Gasteiger partial charge in [0.1, 0.15) is 5.82 Å². The molecule has 1 aromatic rings. The smallest absolute Gasteiger partial charge is 0.257 e. The second kappa shape index (κ2) is 4.73. The second-order valence-corrected chi connectivity index (χ2v) is 5.84. The van der Waals surface area contributed by atoms with Crippen molar-refractivity contribution in [2.45, 2.75) is 34.1 Å². The zero-order valence-corrected chi connectivity index (χ0v) is 12.0. The lowest BCUT2D eigenvalue weighted by Gasteiger charge is -2.18. The van der Waals surface area contributed by atoms with Crippen LogP contribution in [0.1, 0.15) is 33.3 Å². The summed E-state index contributed by atoms with van der Waals surface area (Å²) in [6.07, 6.45) is 0.477. The minimum Gasteiger partial charge on any atom is -0.296 e. The van der Waals surface area contributed by atoms with E-state index in [-0.39, 0.29) is 23.3 Å². The number of amides is 2. The highest BCUT2D eigenvalue weighted by Crippen LogP contribution is 2.24. The fourth-order valence-corrected chi connectivity index (χ4v) is 1.92. The summed E-state index contributed by atoms with van der Waals surface area (Å²) in [6.45, 7) is 7.14. The van der Waals surface area contributed by atoms with Crippen molar-refractivity contribution < 1.29 is 9.59 Å². The third-order valence-electron chi connectivity index (χ3n) is 3.13. The van der Waals surface area contributed by atoms with Crippen LogP contribution in [0.4, 0.5) is 11.8 Å². The van der Waals surface area contributed by atoms with Crippen molar-refractivity contribution >= 4 is 23.6 Å². The second-order valence-electron chi connectivity index (χ2n) is 5.84. The van der Waals surface area contributed by atoms with E-state index in [1.54, 1.807) is 20.8 Å². The molecule has 0 bridgehead atoms. The molecule has 7 heteroatoms. The first kappa shape index (κ1) is 14.2. The van der Waals surface area contributed by atoms with E-state index in [0.29, 0.717) is 24.3 Å². The van der Waals surface area contributed by atoms with Gasteiger partial charge in [0.25, 0.3) is 5.56 Å². The molecular weight excluding hydrogens is 260 g/mol. The standard InChI is InChI=1S/C13H18N4O3/c1-7(18)17-6-5-8-9(17)14-12(15-10(8)19)16-11(20)13(2,3)4/h5-6H2,1-4H3,(H2,14,15,16,19,20). The van der Waals surface area contributed by atoms with Crippen LogP contribution in [0.3, 0.4) is 0 Å². The van der Waals surface area contributed by atoms with E-state index in [1.807, 2.05) is 0 Å². The van der Waals surface area contributed by atoms with Crippen molar-refractivity contribution in [1.82, 2.24) is 9.97 Å². The van der Waals surface area contributed by atoms with Gasteiger partial charge in [0.2, 0.25) is 17.8 Å². The van der Waals surface area contributed by atoms with Crippen LogP contribution in [0.25, 0.3) is 0 Å². The van der Waals surface area contributed by atoms with Gasteiger partial charge in [0.05, 0.1) is 5.56 Å². The van der Waals surface area contributed by atoms with E-state index in [9.17, 15) is 14.4 Å². The van der Waals surface area contributed by atoms with Gasteiger partial charge in [-0.25, -0.2) is 0 Å². The predicted octanol–water partition coefficient (Wildman–Crippen LogP) is 0.663. The molecule has 2 N–H and O–H groups in total. The number of carbonyl (C=O) groups is 2. The number of nitrogens with one attached hydrogen (secondary N) is 2. The Kier molecular flexibility index (Phi) is 3.37. The van der Waals surface area contributed by atoms with E-state index in [4.69, 9.17) is 0 Å². The van der Waals surface area contributed by atoms with E-state index in [1.165, 1.54) is 11.8 Å². The molecule has 2 amide bonds. The molecule has 2 rings (SSSR count). The third kappa shape index (κ3) is 2.56. The van der Waals surface area contributed by atoms with Gasteiger partial charge in [-0.2, -0.15) is 4.98 Å². The molecule has 0 saturated carbocycles. The maximum Gasteiger partial charge on any atom is 0.257 e. The maximum absolute atomic E-state index is 11.9. The lowest BCUT2D eigenvalue weighted by atomic mass is 9.96. The molecular formula is C13H18N4O3. The van der Waals surface area contributed by atoms with Crippen molar-refractivity contribution in [3.8, 4) is 0 Å². The zero-order chi connectivity index (χ0) is 15.1. The third-order valence-corrected chi connectivity index (χ3v) is 3.13. The molecule has 20 heavy (non-hydrogen) atoms. The molecule has 0 saturated heterocycles. The number of hydrogen-bond acceptors (Lipinski definition) is 4. The van der Waals surface area contributed by atoms with Crippen molar-refractivity contribution in [2.24, 2.45) is 5.41 Å². The van der Waals surface area contributed by atoms with Crippen LogP contribution in [-0.2, 0) is 16.0 Å². The van der Waals surface area contributed by atoms with Crippen molar-refractivity contribution in [1.29, 1.82) is 0 Å². The highest BCUT2D eigenvalue weighted by molar-refractivity contribution is 5.94. The van der Waals surface area contributed by atoms with Gasteiger partial charge < -0.3 is 0 Å². The Labute approximate surface area is 116 Å². The lowest BCUT2D eigenvalue weighted by molar-refractivity contribution is -0.123. The number of aromatic amines is 1. The first-order valence-corrected chi connectivity index (χ1v) is 6.43. The fourth-order valence-electron chi connectivity index (χ4n) is 1.92. The minimum absolute atomic E-state index is 0.0711. The monoisotopic (exact) mass is 278 g/mol. The SMILES string of the molecule is CC(=O)N1CCc2c1nc(NC(=O)C(C)(C)C)[nH]c2=O. The molecule has 1 aromatic heterocycles. The van der Waals surface area contributed by atoms with Crippen LogP contribution < -0.4 is 15.8 Å². The van der Waals surface area contributed by atoms with Crippen LogP contribution in [-0.4, -0.2) is 28.3 Å². The Bertz CT molecular complexity index is 627. The summed E-state index contributed by atoms with van der Waals surface area (Å²) in [5.41, 5.74) is -0.436. The van der Waals surface area contributed by atoms with Crippen LogP contribution in [0, 0.1) is 5.41 Å². The summed E-state index contributed by atoms with van der Waals surface area (Å²) >= 11 is 0. The van der Waals surface area contributed by atoms with E-state index >= 15 is 0 Å². The van der Waals surface area contributed by atoms with Crippen LogP contribution >= 0.6 is 0 Å². The predicted molar refractivity (Wildman–Crippen MR) is 74.7 cm³/mol. The molecule has 0 atom stereocenters. The van der Waals surface area contributed by atoms with Crippen LogP contribution in [0.2, 0.25) is 0 Å². The zero-order valence-electron chi connectivity index (χ0n) is 12.0. The minimum atomic E-state index is -0.599. The Balaban J connectivity index is 2.37. The van der Waals surface area contributed by atoms with Crippen molar-refractivity contribution in [2.75, 3.05) is 16.8 Å². The molecule has 7 nitrogen and oxygen atoms in total. The van der Waals surface area contributed by atoms with E-state index in [0.717, 1.165) is 0 Å². The molecule has 108 valence electrons. The number of rotatable bonds is 1. The number of nitrogens with zero attached hydrogens (tertiary/aromatic N) is 2. The van der Waals surface area contributed by atoms with Gasteiger partial charge in [-0.15, -0.1) is 0 Å². The number of anilines is 2. The summed E-state index contributed by atoms with van der Waals surface area (Å²) in [7, 11) is 0. The summed E-state index contributed by atoms with van der Waals surface area (Å²) < 4.78 is 0. The maximum atomic E-state index is 11.9. The summed E-state index contributed by atoms with van der Waals surface area (Å²) in [6, 6.07) is 0. The molecule has 0 fully saturated rings. The van der Waals surface area contributed by atoms with Crippen LogP contribution in [0.15, 0.2) is 4.79 Å². The molecule has 1 aliphatic rings. The normalized spacial score (nSPS) is 14.1. The Morgan fingerprint density at radius 3 is 2.55 bits per heavy atom. The van der Waals surface area contributed by atoms with Gasteiger partial charge in [-0.05, 0) is 6.42 Å². The number of aromatic nitrogens is 2. The van der Waals surface area contributed by atoms with Crippen LogP contribution in [0.5, 0.6) is 0 Å². The molecule has 0 radical (unpaired) electrons. The molecule has 2 heterocycles.